The van der Waals surface area contributed by atoms with Gasteiger partial charge in [-0.3, -0.25) is 4.79 Å². The van der Waals surface area contributed by atoms with E-state index in [-0.39, 0.29) is 11.8 Å². The number of piperidine rings is 1. The number of hydrogen-bond donors (Lipinski definition) is 0. The second-order valence-electron chi connectivity index (χ2n) is 5.74. The molecule has 2 unspecified atom stereocenters. The molecule has 1 fully saturated rings. The van der Waals surface area contributed by atoms with E-state index in [4.69, 9.17) is 0 Å². The van der Waals surface area contributed by atoms with Crippen molar-refractivity contribution in [2.45, 2.75) is 26.4 Å². The Morgan fingerprint density at radius 3 is 2.30 bits per heavy atom. The molecule has 1 heterocycles. The van der Waals surface area contributed by atoms with Crippen molar-refractivity contribution in [2.75, 3.05) is 18.0 Å². The maximum Gasteiger partial charge on any atom is 0.417 e. The van der Waals surface area contributed by atoms with Crippen LogP contribution in [0.2, 0.25) is 0 Å². The third-order valence-corrected chi connectivity index (χ3v) is 3.70. The van der Waals surface area contributed by atoms with Gasteiger partial charge in [0, 0.05) is 24.3 Å². The van der Waals surface area contributed by atoms with Gasteiger partial charge in [0.25, 0.3) is 0 Å². The first-order valence-electron chi connectivity index (χ1n) is 6.72. The number of alkyl halides is 3. The van der Waals surface area contributed by atoms with Crippen LogP contribution in [0.4, 0.5) is 18.9 Å². The predicted molar refractivity (Wildman–Crippen MR) is 72.0 cm³/mol. The number of halogens is 3. The van der Waals surface area contributed by atoms with Crippen LogP contribution in [0.1, 0.15) is 36.2 Å². The van der Waals surface area contributed by atoms with E-state index in [0.29, 0.717) is 17.5 Å². The van der Waals surface area contributed by atoms with E-state index in [0.717, 1.165) is 25.6 Å². The van der Waals surface area contributed by atoms with Crippen molar-refractivity contribution in [3.05, 3.63) is 29.3 Å². The van der Waals surface area contributed by atoms with E-state index < -0.39 is 11.7 Å². The molecule has 1 aromatic carbocycles. The molecule has 2 nitrogen and oxygen atoms in total. The molecule has 2 rings (SSSR count). The number of rotatable bonds is 2. The Morgan fingerprint density at radius 1 is 1.20 bits per heavy atom. The molecule has 0 bridgehead atoms. The fourth-order valence-electron chi connectivity index (χ4n) is 2.96. The van der Waals surface area contributed by atoms with Gasteiger partial charge in [-0.25, -0.2) is 0 Å². The number of anilines is 1. The molecule has 0 aliphatic carbocycles. The second kappa shape index (κ2) is 5.46. The first-order chi connectivity index (χ1) is 9.31. The van der Waals surface area contributed by atoms with Crippen LogP contribution in [0.3, 0.4) is 0 Å². The standard InChI is InChI=1S/C15H18F3NO/c1-10-5-11(2)8-19(7-10)13-4-3-12(9-20)14(6-13)15(16,17)18/h3-4,6,9-11H,5,7-8H2,1-2H3. The largest absolute Gasteiger partial charge is 0.417 e. The van der Waals surface area contributed by atoms with Crippen molar-refractivity contribution in [1.82, 2.24) is 0 Å². The van der Waals surface area contributed by atoms with E-state index in [1.165, 1.54) is 6.07 Å². The summed E-state index contributed by atoms with van der Waals surface area (Å²) in [6, 6.07) is 3.95. The molecule has 2 atom stereocenters. The molecule has 0 saturated carbocycles. The highest BCUT2D eigenvalue weighted by Gasteiger charge is 2.34. The van der Waals surface area contributed by atoms with Gasteiger partial charge in [-0.1, -0.05) is 13.8 Å². The van der Waals surface area contributed by atoms with Crippen molar-refractivity contribution in [3.8, 4) is 0 Å². The zero-order chi connectivity index (χ0) is 14.9. The SMILES string of the molecule is CC1CC(C)CN(c2ccc(C=O)c(C(F)(F)F)c2)C1. The Morgan fingerprint density at radius 2 is 1.80 bits per heavy atom. The van der Waals surface area contributed by atoms with Crippen LogP contribution >= 0.6 is 0 Å². The van der Waals surface area contributed by atoms with Gasteiger partial charge in [-0.2, -0.15) is 13.2 Å². The third-order valence-electron chi connectivity index (χ3n) is 3.70. The van der Waals surface area contributed by atoms with Crippen molar-refractivity contribution in [1.29, 1.82) is 0 Å². The average Bonchev–Trinajstić information content (AvgIpc) is 2.35. The van der Waals surface area contributed by atoms with Gasteiger partial charge in [-0.05, 0) is 36.5 Å². The molecule has 5 heteroatoms. The predicted octanol–water partition coefficient (Wildman–Crippen LogP) is 4.00. The van der Waals surface area contributed by atoms with E-state index in [1.807, 2.05) is 4.90 Å². The van der Waals surface area contributed by atoms with E-state index in [1.54, 1.807) is 6.07 Å². The minimum Gasteiger partial charge on any atom is -0.371 e. The second-order valence-corrected chi connectivity index (χ2v) is 5.74. The number of carbonyl (C=O) groups is 1. The lowest BCUT2D eigenvalue weighted by molar-refractivity contribution is -0.137. The lowest BCUT2D eigenvalue weighted by Gasteiger charge is -2.37. The number of hydrogen-bond acceptors (Lipinski definition) is 2. The first-order valence-corrected chi connectivity index (χ1v) is 6.72. The van der Waals surface area contributed by atoms with Crippen molar-refractivity contribution >= 4 is 12.0 Å². The number of nitrogens with zero attached hydrogens (tertiary/aromatic N) is 1. The summed E-state index contributed by atoms with van der Waals surface area (Å²) in [4.78, 5) is 12.7. The summed E-state index contributed by atoms with van der Waals surface area (Å²) in [7, 11) is 0. The lowest BCUT2D eigenvalue weighted by Crippen LogP contribution is -2.38. The van der Waals surface area contributed by atoms with Gasteiger partial charge < -0.3 is 4.90 Å². The number of aldehydes is 1. The van der Waals surface area contributed by atoms with Crippen LogP contribution in [0.15, 0.2) is 18.2 Å². The highest BCUT2D eigenvalue weighted by atomic mass is 19.4. The van der Waals surface area contributed by atoms with Crippen LogP contribution in [-0.2, 0) is 6.18 Å². The quantitative estimate of drug-likeness (QED) is 0.765. The zero-order valence-electron chi connectivity index (χ0n) is 11.6. The minimum absolute atomic E-state index is 0.258. The van der Waals surface area contributed by atoms with Gasteiger partial charge in [-0.15, -0.1) is 0 Å². The summed E-state index contributed by atoms with van der Waals surface area (Å²) in [5.74, 6) is 0.915. The molecular weight excluding hydrogens is 267 g/mol. The highest BCUT2D eigenvalue weighted by molar-refractivity contribution is 5.79. The van der Waals surface area contributed by atoms with Crippen LogP contribution < -0.4 is 4.90 Å². The zero-order valence-corrected chi connectivity index (χ0v) is 11.6. The minimum atomic E-state index is -4.50. The Balaban J connectivity index is 2.36. The molecule has 1 aromatic rings. The van der Waals surface area contributed by atoms with Gasteiger partial charge in [0.2, 0.25) is 0 Å². The van der Waals surface area contributed by atoms with Crippen LogP contribution in [0.5, 0.6) is 0 Å². The average molecular weight is 285 g/mol. The molecule has 20 heavy (non-hydrogen) atoms. The smallest absolute Gasteiger partial charge is 0.371 e. The number of benzene rings is 1. The summed E-state index contributed by atoms with van der Waals surface area (Å²) >= 11 is 0. The topological polar surface area (TPSA) is 20.3 Å². The van der Waals surface area contributed by atoms with Crippen LogP contribution in [-0.4, -0.2) is 19.4 Å². The summed E-state index contributed by atoms with van der Waals surface area (Å²) < 4.78 is 38.9. The monoisotopic (exact) mass is 285 g/mol. The summed E-state index contributed by atoms with van der Waals surface area (Å²) in [6.45, 7) is 5.71. The van der Waals surface area contributed by atoms with Crippen molar-refractivity contribution < 1.29 is 18.0 Å². The molecule has 1 saturated heterocycles. The van der Waals surface area contributed by atoms with Crippen LogP contribution in [0, 0.1) is 11.8 Å². The Bertz CT molecular complexity index is 488. The fraction of sp³-hybridized carbons (Fsp3) is 0.533. The van der Waals surface area contributed by atoms with Gasteiger partial charge >= 0.3 is 6.18 Å². The number of carbonyl (C=O) groups excluding carboxylic acids is 1. The van der Waals surface area contributed by atoms with Gasteiger partial charge in [0.05, 0.1) is 5.56 Å². The fourth-order valence-corrected chi connectivity index (χ4v) is 2.96. The van der Waals surface area contributed by atoms with Crippen LogP contribution in [0.25, 0.3) is 0 Å². The Labute approximate surface area is 116 Å². The van der Waals surface area contributed by atoms with Gasteiger partial charge in [0.15, 0.2) is 6.29 Å². The summed E-state index contributed by atoms with van der Waals surface area (Å²) in [5.41, 5.74) is -0.614. The molecule has 1 aliphatic rings. The summed E-state index contributed by atoms with van der Waals surface area (Å²) in [5, 5.41) is 0. The van der Waals surface area contributed by atoms with E-state index in [9.17, 15) is 18.0 Å². The molecule has 0 aromatic heterocycles. The molecule has 110 valence electrons. The lowest BCUT2D eigenvalue weighted by atomic mass is 9.91. The first kappa shape index (κ1) is 14.9. The van der Waals surface area contributed by atoms with Gasteiger partial charge in [0.1, 0.15) is 0 Å². The van der Waals surface area contributed by atoms with Crippen molar-refractivity contribution in [2.24, 2.45) is 11.8 Å². The molecule has 0 radical (unpaired) electrons. The third kappa shape index (κ3) is 3.14. The molecular formula is C15H18F3NO. The normalized spacial score (nSPS) is 23.8. The van der Waals surface area contributed by atoms with E-state index >= 15 is 0 Å². The summed E-state index contributed by atoms with van der Waals surface area (Å²) in [6.07, 6.45) is -3.15. The van der Waals surface area contributed by atoms with Crippen molar-refractivity contribution in [3.63, 3.8) is 0 Å². The maximum atomic E-state index is 13.0. The Kier molecular flexibility index (Phi) is 4.06. The molecule has 0 spiro atoms. The molecule has 0 N–H and O–H groups in total. The molecule has 1 aliphatic heterocycles. The maximum absolute atomic E-state index is 13.0. The molecule has 0 amide bonds. The highest BCUT2D eigenvalue weighted by Crippen LogP contribution is 2.35. The van der Waals surface area contributed by atoms with E-state index in [2.05, 4.69) is 13.8 Å². The Hall–Kier alpha value is -1.52.